The molecule has 0 saturated carbocycles. The van der Waals surface area contributed by atoms with Crippen LogP contribution in [0.5, 0.6) is 5.75 Å². The fourth-order valence-corrected chi connectivity index (χ4v) is 3.52. The number of benzene rings is 2. The number of hydrogen-bond donors (Lipinski definition) is 1. The summed E-state index contributed by atoms with van der Waals surface area (Å²) < 4.78 is 6.18. The molecule has 0 heterocycles. The maximum atomic E-state index is 10.9. The van der Waals surface area contributed by atoms with Gasteiger partial charge in [0.2, 0.25) is 0 Å². The fraction of sp³-hybridized carbons (Fsp3) is 0.0588. The molecule has 0 saturated heterocycles. The molecule has 0 amide bonds. The SMILES string of the molecule is N#CC(=Cc1cc(Br)c(OCC(=O)O)c(Br)c1)c1cccc([N+](=O)[O-])c1. The first-order valence-corrected chi connectivity index (χ1v) is 8.60. The molecule has 0 radical (unpaired) electrons. The lowest BCUT2D eigenvalue weighted by Crippen LogP contribution is -2.10. The van der Waals surface area contributed by atoms with Gasteiger partial charge in [-0.3, -0.25) is 10.1 Å². The Hall–Kier alpha value is -2.70. The Labute approximate surface area is 164 Å². The highest BCUT2D eigenvalue weighted by Gasteiger charge is 2.12. The van der Waals surface area contributed by atoms with Crippen molar-refractivity contribution in [2.75, 3.05) is 6.61 Å². The summed E-state index contributed by atoms with van der Waals surface area (Å²) in [6.45, 7) is -0.497. The number of non-ortho nitro benzene ring substituents is 1. The Balaban J connectivity index is 2.41. The van der Waals surface area contributed by atoms with E-state index in [2.05, 4.69) is 31.9 Å². The van der Waals surface area contributed by atoms with Gasteiger partial charge in [0.1, 0.15) is 5.75 Å². The summed E-state index contributed by atoms with van der Waals surface area (Å²) in [5.41, 5.74) is 1.17. The van der Waals surface area contributed by atoms with Crippen LogP contribution in [0.25, 0.3) is 11.6 Å². The van der Waals surface area contributed by atoms with Crippen LogP contribution in [0.15, 0.2) is 45.3 Å². The number of hydrogen-bond acceptors (Lipinski definition) is 5. The molecule has 0 aromatic heterocycles. The quantitative estimate of drug-likeness (QED) is 0.278. The largest absolute Gasteiger partial charge is 0.480 e. The van der Waals surface area contributed by atoms with Crippen LogP contribution in [0, 0.1) is 21.4 Å². The highest BCUT2D eigenvalue weighted by molar-refractivity contribution is 9.11. The van der Waals surface area contributed by atoms with Gasteiger partial charge in [-0.2, -0.15) is 5.26 Å². The molecule has 7 nitrogen and oxygen atoms in total. The van der Waals surface area contributed by atoms with E-state index >= 15 is 0 Å². The van der Waals surface area contributed by atoms with Crippen molar-refractivity contribution in [3.05, 3.63) is 66.6 Å². The number of carboxylic acids is 1. The Kier molecular flexibility index (Phi) is 6.49. The number of halogens is 2. The standard InChI is InChI=1S/C17H10Br2N2O5/c18-14-5-10(6-15(19)17(14)26-9-16(22)23)4-12(8-20)11-2-1-3-13(7-11)21(24)25/h1-7H,9H2,(H,22,23). The minimum Gasteiger partial charge on any atom is -0.480 e. The fourth-order valence-electron chi connectivity index (χ4n) is 2.07. The van der Waals surface area contributed by atoms with Crippen molar-refractivity contribution in [3.63, 3.8) is 0 Å². The van der Waals surface area contributed by atoms with Gasteiger partial charge in [-0.1, -0.05) is 12.1 Å². The highest BCUT2D eigenvalue weighted by atomic mass is 79.9. The molecule has 1 N–H and O–H groups in total. The number of allylic oxidation sites excluding steroid dienone is 1. The molecule has 2 aromatic rings. The van der Waals surface area contributed by atoms with Crippen molar-refractivity contribution in [3.8, 4) is 11.8 Å². The normalized spacial score (nSPS) is 10.9. The summed E-state index contributed by atoms with van der Waals surface area (Å²) in [5.74, 6) is -0.788. The zero-order valence-corrected chi connectivity index (χ0v) is 16.2. The molecule has 0 unspecified atom stereocenters. The average molecular weight is 482 g/mol. The van der Waals surface area contributed by atoms with E-state index in [1.807, 2.05) is 6.07 Å². The molecule has 0 aliphatic rings. The van der Waals surface area contributed by atoms with Crippen LogP contribution in [0.3, 0.4) is 0 Å². The van der Waals surface area contributed by atoms with Crippen molar-refractivity contribution in [1.29, 1.82) is 5.26 Å². The van der Waals surface area contributed by atoms with Crippen LogP contribution in [0.1, 0.15) is 11.1 Å². The molecule has 132 valence electrons. The molecule has 2 aromatic carbocycles. The first-order valence-electron chi connectivity index (χ1n) is 7.02. The van der Waals surface area contributed by atoms with Gasteiger partial charge in [0.25, 0.3) is 5.69 Å². The van der Waals surface area contributed by atoms with Crippen molar-refractivity contribution in [1.82, 2.24) is 0 Å². The van der Waals surface area contributed by atoms with Gasteiger partial charge in [0, 0.05) is 12.1 Å². The minimum absolute atomic E-state index is 0.108. The molecule has 9 heteroatoms. The second-order valence-electron chi connectivity index (χ2n) is 4.97. The van der Waals surface area contributed by atoms with Crippen LogP contribution in [-0.4, -0.2) is 22.6 Å². The number of ether oxygens (including phenoxy) is 1. The third kappa shape index (κ3) is 4.91. The molecule has 26 heavy (non-hydrogen) atoms. The van der Waals surface area contributed by atoms with Crippen LogP contribution in [0.2, 0.25) is 0 Å². The third-order valence-corrected chi connectivity index (χ3v) is 4.34. The number of nitro groups is 1. The van der Waals surface area contributed by atoms with Crippen LogP contribution < -0.4 is 4.74 Å². The summed E-state index contributed by atoms with van der Waals surface area (Å²) in [6, 6.07) is 11.1. The van der Waals surface area contributed by atoms with Gasteiger partial charge in [-0.15, -0.1) is 0 Å². The first kappa shape index (κ1) is 19.6. The van der Waals surface area contributed by atoms with E-state index in [-0.39, 0.29) is 11.3 Å². The molecule has 0 spiro atoms. The molecule has 0 aliphatic heterocycles. The predicted molar refractivity (Wildman–Crippen MR) is 102 cm³/mol. The van der Waals surface area contributed by atoms with E-state index in [1.54, 1.807) is 24.3 Å². The van der Waals surface area contributed by atoms with Gasteiger partial charge in [0.05, 0.1) is 25.5 Å². The number of aliphatic carboxylic acids is 1. The second-order valence-corrected chi connectivity index (χ2v) is 6.68. The van der Waals surface area contributed by atoms with Gasteiger partial charge in [-0.25, -0.2) is 4.79 Å². The van der Waals surface area contributed by atoms with Gasteiger partial charge < -0.3 is 9.84 Å². The molecular formula is C17H10Br2N2O5. The van der Waals surface area contributed by atoms with Gasteiger partial charge >= 0.3 is 5.97 Å². The lowest BCUT2D eigenvalue weighted by molar-refractivity contribution is -0.384. The number of nitriles is 1. The molecule has 0 aliphatic carbocycles. The lowest BCUT2D eigenvalue weighted by atomic mass is 10.0. The number of nitro benzene ring substituents is 1. The van der Waals surface area contributed by atoms with Crippen LogP contribution in [0.4, 0.5) is 5.69 Å². The maximum absolute atomic E-state index is 10.9. The van der Waals surface area contributed by atoms with E-state index in [4.69, 9.17) is 9.84 Å². The Morgan fingerprint density at radius 3 is 2.50 bits per heavy atom. The topological polar surface area (TPSA) is 113 Å². The van der Waals surface area contributed by atoms with E-state index in [0.717, 1.165) is 0 Å². The van der Waals surface area contributed by atoms with Crippen LogP contribution >= 0.6 is 31.9 Å². The monoisotopic (exact) mass is 480 g/mol. The third-order valence-electron chi connectivity index (χ3n) is 3.16. The average Bonchev–Trinajstić information content (AvgIpc) is 2.58. The maximum Gasteiger partial charge on any atom is 0.341 e. The van der Waals surface area contributed by atoms with E-state index < -0.39 is 17.5 Å². The number of carbonyl (C=O) groups is 1. The predicted octanol–water partition coefficient (Wildman–Crippen LogP) is 4.65. The van der Waals surface area contributed by atoms with E-state index in [0.29, 0.717) is 25.8 Å². The molecule has 0 bridgehead atoms. The molecule has 0 atom stereocenters. The molecular weight excluding hydrogens is 472 g/mol. The lowest BCUT2D eigenvalue weighted by Gasteiger charge is -2.10. The van der Waals surface area contributed by atoms with Crippen molar-refractivity contribution < 1.29 is 19.6 Å². The van der Waals surface area contributed by atoms with E-state index in [1.165, 1.54) is 18.2 Å². The summed E-state index contributed by atoms with van der Waals surface area (Å²) >= 11 is 6.59. The van der Waals surface area contributed by atoms with Crippen molar-refractivity contribution >= 4 is 55.2 Å². The minimum atomic E-state index is -1.11. The van der Waals surface area contributed by atoms with E-state index in [9.17, 15) is 20.2 Å². The highest BCUT2D eigenvalue weighted by Crippen LogP contribution is 2.36. The zero-order valence-electron chi connectivity index (χ0n) is 13.0. The Morgan fingerprint density at radius 1 is 1.31 bits per heavy atom. The zero-order chi connectivity index (χ0) is 19.3. The number of rotatable bonds is 6. The number of carboxylic acid groups (broad SMARTS) is 1. The van der Waals surface area contributed by atoms with Crippen molar-refractivity contribution in [2.24, 2.45) is 0 Å². The second kappa shape index (κ2) is 8.60. The molecule has 0 fully saturated rings. The van der Waals surface area contributed by atoms with Gasteiger partial charge in [-0.05, 0) is 61.2 Å². The molecule has 2 rings (SSSR count). The summed E-state index contributed by atoms with van der Waals surface area (Å²) in [4.78, 5) is 21.0. The smallest absolute Gasteiger partial charge is 0.341 e. The van der Waals surface area contributed by atoms with Crippen LogP contribution in [-0.2, 0) is 4.79 Å². The van der Waals surface area contributed by atoms with Gasteiger partial charge in [0.15, 0.2) is 6.61 Å². The Morgan fingerprint density at radius 2 is 1.96 bits per heavy atom. The number of nitrogens with zero attached hydrogens (tertiary/aromatic N) is 2. The summed E-state index contributed by atoms with van der Waals surface area (Å²) in [5, 5.41) is 29.0. The summed E-state index contributed by atoms with van der Waals surface area (Å²) in [7, 11) is 0. The summed E-state index contributed by atoms with van der Waals surface area (Å²) in [6.07, 6.45) is 1.57. The van der Waals surface area contributed by atoms with Crippen molar-refractivity contribution in [2.45, 2.75) is 0 Å². The first-order chi connectivity index (χ1) is 12.3. The Bertz CT molecular complexity index is 927.